The zero-order valence-electron chi connectivity index (χ0n) is 11.4. The monoisotopic (exact) mass is 284 g/mol. The molecule has 3 amide bonds. The Kier molecular flexibility index (Phi) is 4.78. The predicted molar refractivity (Wildman–Crippen MR) is 65.4 cm³/mol. The molecular weight excluding hydrogens is 268 g/mol. The highest BCUT2D eigenvalue weighted by atomic mass is 16.5. The average molecular weight is 284 g/mol. The van der Waals surface area contributed by atoms with Gasteiger partial charge in [0.05, 0.1) is 12.0 Å². The van der Waals surface area contributed by atoms with Crippen LogP contribution in [-0.4, -0.2) is 33.2 Å². The zero-order valence-corrected chi connectivity index (χ0v) is 11.4. The summed E-state index contributed by atoms with van der Waals surface area (Å²) >= 11 is 0. The summed E-state index contributed by atoms with van der Waals surface area (Å²) in [5.41, 5.74) is -1.24. The van der Waals surface area contributed by atoms with Crippen LogP contribution in [0, 0.1) is 12.3 Å². The largest absolute Gasteiger partial charge is 0.481 e. The van der Waals surface area contributed by atoms with Crippen LogP contribution in [-0.2, 0) is 16.1 Å². The van der Waals surface area contributed by atoms with Crippen LogP contribution in [0.4, 0.5) is 4.79 Å². The molecule has 0 aromatic carbocycles. The molecule has 20 heavy (non-hydrogen) atoms. The summed E-state index contributed by atoms with van der Waals surface area (Å²) in [5.74, 6) is -1.16. The third kappa shape index (κ3) is 4.67. The van der Waals surface area contributed by atoms with E-state index < -0.39 is 23.3 Å². The highest BCUT2D eigenvalue weighted by molar-refractivity contribution is 5.96. The molecule has 3 N–H and O–H groups in total. The second-order valence-corrected chi connectivity index (χ2v) is 4.83. The van der Waals surface area contributed by atoms with Crippen LogP contribution in [0.25, 0.3) is 0 Å². The number of amides is 3. The fraction of sp³-hybridized carbons (Fsp3) is 0.545. The Balaban J connectivity index is 2.39. The summed E-state index contributed by atoms with van der Waals surface area (Å²) in [4.78, 5) is 37.6. The smallest absolute Gasteiger partial charge is 0.321 e. The molecule has 1 rings (SSSR count). The minimum Gasteiger partial charge on any atom is -0.481 e. The minimum absolute atomic E-state index is 0.0255. The molecule has 0 unspecified atom stereocenters. The molecule has 0 bridgehead atoms. The van der Waals surface area contributed by atoms with E-state index in [-0.39, 0.29) is 18.9 Å². The first-order chi connectivity index (χ1) is 9.20. The van der Waals surface area contributed by atoms with Crippen molar-refractivity contribution in [1.82, 2.24) is 20.8 Å². The molecule has 1 aromatic rings. The minimum atomic E-state index is -1.24. The molecule has 9 heteroatoms. The van der Waals surface area contributed by atoms with E-state index in [1.54, 1.807) is 6.92 Å². The van der Waals surface area contributed by atoms with Gasteiger partial charge in [-0.15, -0.1) is 0 Å². The van der Waals surface area contributed by atoms with Gasteiger partial charge in [-0.25, -0.2) is 4.79 Å². The van der Waals surface area contributed by atoms with Gasteiger partial charge in [0.25, 0.3) is 0 Å². The van der Waals surface area contributed by atoms with Crippen LogP contribution in [0.2, 0.25) is 0 Å². The fourth-order valence-electron chi connectivity index (χ4n) is 1.26. The molecule has 0 radical (unpaired) electrons. The van der Waals surface area contributed by atoms with Gasteiger partial charge in [0.15, 0.2) is 5.82 Å². The highest BCUT2D eigenvalue weighted by Gasteiger charge is 2.30. The fourth-order valence-corrected chi connectivity index (χ4v) is 1.26. The van der Waals surface area contributed by atoms with Crippen molar-refractivity contribution >= 4 is 17.9 Å². The molecular formula is C11H16N4O5. The summed E-state index contributed by atoms with van der Waals surface area (Å²) in [5, 5.41) is 16.8. The lowest BCUT2D eigenvalue weighted by Gasteiger charge is -2.17. The van der Waals surface area contributed by atoms with E-state index in [4.69, 9.17) is 9.63 Å². The van der Waals surface area contributed by atoms with Crippen LogP contribution < -0.4 is 10.6 Å². The Morgan fingerprint density at radius 2 is 2.00 bits per heavy atom. The molecule has 0 aliphatic carbocycles. The van der Waals surface area contributed by atoms with E-state index in [2.05, 4.69) is 15.5 Å². The van der Waals surface area contributed by atoms with Crippen LogP contribution in [0.5, 0.6) is 0 Å². The number of carboxylic acid groups (broad SMARTS) is 1. The maximum absolute atomic E-state index is 11.5. The van der Waals surface area contributed by atoms with E-state index in [9.17, 15) is 14.4 Å². The summed E-state index contributed by atoms with van der Waals surface area (Å²) in [7, 11) is 0. The molecule has 0 atom stereocenters. The van der Waals surface area contributed by atoms with Gasteiger partial charge in [-0.05, 0) is 20.8 Å². The van der Waals surface area contributed by atoms with Gasteiger partial charge in [0.2, 0.25) is 11.8 Å². The summed E-state index contributed by atoms with van der Waals surface area (Å²) < 4.78 is 4.77. The van der Waals surface area contributed by atoms with Crippen LogP contribution in [0.3, 0.4) is 0 Å². The Bertz CT molecular complexity index is 523. The number of carbonyl (C=O) groups is 3. The third-order valence-corrected chi connectivity index (χ3v) is 2.40. The van der Waals surface area contributed by atoms with E-state index in [0.717, 1.165) is 0 Å². The quantitative estimate of drug-likeness (QED) is 0.703. The third-order valence-electron chi connectivity index (χ3n) is 2.40. The Morgan fingerprint density at radius 1 is 1.35 bits per heavy atom. The first-order valence-corrected chi connectivity index (χ1v) is 5.81. The lowest BCUT2D eigenvalue weighted by Crippen LogP contribution is -2.41. The Labute approximate surface area is 114 Å². The average Bonchev–Trinajstić information content (AvgIpc) is 2.71. The number of aromatic nitrogens is 2. The first kappa shape index (κ1) is 15.6. The number of carboxylic acids is 1. The standard InChI is InChI=1S/C11H16N4O5/c1-6-13-8(20-15-6)5-12-10(19)14-7(16)4-11(2,3)9(17)18/h4-5H2,1-3H3,(H,17,18)(H2,12,14,16,19). The maximum atomic E-state index is 11.5. The number of imide groups is 1. The number of nitrogens with zero attached hydrogens (tertiary/aromatic N) is 2. The number of hydrogen-bond acceptors (Lipinski definition) is 6. The number of aryl methyl sites for hydroxylation is 1. The zero-order chi connectivity index (χ0) is 15.3. The van der Waals surface area contributed by atoms with Crippen LogP contribution in [0.1, 0.15) is 32.0 Å². The molecule has 110 valence electrons. The molecule has 0 fully saturated rings. The SMILES string of the molecule is Cc1noc(CNC(=O)NC(=O)CC(C)(C)C(=O)O)n1. The lowest BCUT2D eigenvalue weighted by molar-refractivity contribution is -0.149. The summed E-state index contributed by atoms with van der Waals surface area (Å²) in [6.07, 6.45) is -0.310. The number of carbonyl (C=O) groups excluding carboxylic acids is 2. The van der Waals surface area contributed by atoms with E-state index in [1.807, 2.05) is 5.32 Å². The number of nitrogens with one attached hydrogen (secondary N) is 2. The van der Waals surface area contributed by atoms with Gasteiger partial charge >= 0.3 is 12.0 Å². The summed E-state index contributed by atoms with van der Waals surface area (Å²) in [6, 6.07) is -0.757. The Hall–Kier alpha value is -2.45. The molecule has 0 aliphatic rings. The predicted octanol–water partition coefficient (Wildman–Crippen LogP) is 0.205. The number of urea groups is 1. The van der Waals surface area contributed by atoms with Crippen molar-refractivity contribution in [3.8, 4) is 0 Å². The number of hydrogen-bond donors (Lipinski definition) is 3. The normalized spacial score (nSPS) is 10.9. The summed E-state index contributed by atoms with van der Waals surface area (Å²) in [6.45, 7) is 4.40. The van der Waals surface area contributed by atoms with Crippen molar-refractivity contribution in [3.63, 3.8) is 0 Å². The van der Waals surface area contributed by atoms with E-state index in [1.165, 1.54) is 13.8 Å². The van der Waals surface area contributed by atoms with Crippen molar-refractivity contribution in [2.24, 2.45) is 5.41 Å². The maximum Gasteiger partial charge on any atom is 0.321 e. The van der Waals surface area contributed by atoms with Gasteiger partial charge in [-0.3, -0.25) is 14.9 Å². The molecule has 9 nitrogen and oxygen atoms in total. The Morgan fingerprint density at radius 3 is 2.50 bits per heavy atom. The number of rotatable bonds is 5. The lowest BCUT2D eigenvalue weighted by atomic mass is 9.89. The number of aliphatic carboxylic acids is 1. The van der Waals surface area contributed by atoms with Crippen molar-refractivity contribution in [2.45, 2.75) is 33.7 Å². The second-order valence-electron chi connectivity index (χ2n) is 4.83. The van der Waals surface area contributed by atoms with Gasteiger partial charge < -0.3 is 14.9 Å². The first-order valence-electron chi connectivity index (χ1n) is 5.81. The molecule has 1 aromatic heterocycles. The van der Waals surface area contributed by atoms with Crippen molar-refractivity contribution in [1.29, 1.82) is 0 Å². The van der Waals surface area contributed by atoms with E-state index >= 15 is 0 Å². The van der Waals surface area contributed by atoms with Crippen LogP contribution >= 0.6 is 0 Å². The van der Waals surface area contributed by atoms with E-state index in [0.29, 0.717) is 5.82 Å². The van der Waals surface area contributed by atoms with Crippen molar-refractivity contribution in [3.05, 3.63) is 11.7 Å². The van der Waals surface area contributed by atoms with Crippen molar-refractivity contribution < 1.29 is 24.0 Å². The second kappa shape index (κ2) is 6.13. The topological polar surface area (TPSA) is 134 Å². The van der Waals surface area contributed by atoms with Gasteiger partial charge in [0, 0.05) is 6.42 Å². The molecule has 0 saturated heterocycles. The molecule has 0 saturated carbocycles. The highest BCUT2D eigenvalue weighted by Crippen LogP contribution is 2.19. The molecule has 0 aliphatic heterocycles. The molecule has 0 spiro atoms. The van der Waals surface area contributed by atoms with Gasteiger partial charge in [-0.2, -0.15) is 4.98 Å². The van der Waals surface area contributed by atoms with Gasteiger partial charge in [-0.1, -0.05) is 5.16 Å². The van der Waals surface area contributed by atoms with Crippen molar-refractivity contribution in [2.75, 3.05) is 0 Å². The molecule has 1 heterocycles. The van der Waals surface area contributed by atoms with Crippen LogP contribution in [0.15, 0.2) is 4.52 Å². The van der Waals surface area contributed by atoms with Gasteiger partial charge in [0.1, 0.15) is 0 Å².